The normalized spacial score (nSPS) is 23.3. The van der Waals surface area contributed by atoms with Crippen molar-refractivity contribution < 1.29 is 14.6 Å². The van der Waals surface area contributed by atoms with Crippen molar-refractivity contribution in [2.24, 2.45) is 5.41 Å². The van der Waals surface area contributed by atoms with E-state index in [1.54, 1.807) is 12.1 Å². The van der Waals surface area contributed by atoms with E-state index in [1.165, 1.54) is 0 Å². The van der Waals surface area contributed by atoms with Gasteiger partial charge in [-0.1, -0.05) is 26.0 Å². The number of methoxy groups -OCH3 is 1. The molecule has 1 aliphatic carbocycles. The van der Waals surface area contributed by atoms with E-state index in [2.05, 4.69) is 25.8 Å². The van der Waals surface area contributed by atoms with Crippen LogP contribution in [0.15, 0.2) is 24.3 Å². The Morgan fingerprint density at radius 2 is 1.91 bits per heavy atom. The minimum atomic E-state index is -0.877. The molecule has 0 bridgehead atoms. The molecular weight excluding hydrogens is 278 g/mol. The lowest BCUT2D eigenvalue weighted by atomic mass is 9.58. The summed E-state index contributed by atoms with van der Waals surface area (Å²) in [6, 6.07) is 7.69. The second kappa shape index (κ2) is 6.80. The first-order valence-corrected chi connectivity index (χ1v) is 8.03. The fourth-order valence-electron chi connectivity index (χ4n) is 4.00. The Morgan fingerprint density at radius 1 is 1.32 bits per heavy atom. The predicted octanol–water partition coefficient (Wildman–Crippen LogP) is 3.41. The highest BCUT2D eigenvalue weighted by Gasteiger charge is 2.54. The molecule has 122 valence electrons. The first kappa shape index (κ1) is 17.0. The zero-order valence-electron chi connectivity index (χ0n) is 14.0. The molecule has 2 atom stereocenters. The lowest BCUT2D eigenvalue weighted by Gasteiger charge is -2.58. The van der Waals surface area contributed by atoms with Crippen LogP contribution in [0.2, 0.25) is 0 Å². The maximum Gasteiger partial charge on any atom is 0.335 e. The largest absolute Gasteiger partial charge is 0.478 e. The summed E-state index contributed by atoms with van der Waals surface area (Å²) in [7, 11) is 3.97. The van der Waals surface area contributed by atoms with Crippen LogP contribution in [0.25, 0.3) is 0 Å². The molecule has 1 aromatic rings. The molecule has 4 nitrogen and oxygen atoms in total. The smallest absolute Gasteiger partial charge is 0.335 e. The zero-order chi connectivity index (χ0) is 16.3. The summed E-state index contributed by atoms with van der Waals surface area (Å²) in [6.45, 7) is 5.33. The molecule has 2 rings (SSSR count). The van der Waals surface area contributed by atoms with Crippen molar-refractivity contribution in [1.29, 1.82) is 0 Å². The minimum absolute atomic E-state index is 0.241. The predicted molar refractivity (Wildman–Crippen MR) is 87.1 cm³/mol. The van der Waals surface area contributed by atoms with E-state index >= 15 is 0 Å². The van der Waals surface area contributed by atoms with E-state index in [9.17, 15) is 4.79 Å². The number of nitrogens with zero attached hydrogens (tertiary/aromatic N) is 1. The number of carboxylic acid groups (broad SMARTS) is 1. The van der Waals surface area contributed by atoms with Crippen LogP contribution >= 0.6 is 0 Å². The van der Waals surface area contributed by atoms with Crippen molar-refractivity contribution in [2.75, 3.05) is 14.2 Å². The van der Waals surface area contributed by atoms with Gasteiger partial charge in [-0.3, -0.25) is 4.90 Å². The van der Waals surface area contributed by atoms with E-state index in [0.717, 1.165) is 31.4 Å². The molecule has 2 unspecified atom stereocenters. The zero-order valence-corrected chi connectivity index (χ0v) is 14.0. The van der Waals surface area contributed by atoms with Gasteiger partial charge in [-0.2, -0.15) is 0 Å². The number of carbonyl (C=O) groups is 1. The van der Waals surface area contributed by atoms with Gasteiger partial charge in [0.25, 0.3) is 0 Å². The van der Waals surface area contributed by atoms with Gasteiger partial charge in [0.2, 0.25) is 0 Å². The quantitative estimate of drug-likeness (QED) is 0.838. The SMILES string of the molecule is CCC1(CC)C(OC)CC1N(C)Cc1ccc(C(=O)O)cc1. The highest BCUT2D eigenvalue weighted by Crippen LogP contribution is 2.51. The maximum absolute atomic E-state index is 10.9. The monoisotopic (exact) mass is 305 g/mol. The Labute approximate surface area is 133 Å². The second-order valence-electron chi connectivity index (χ2n) is 6.33. The molecular formula is C18H27NO3. The fraction of sp³-hybridized carbons (Fsp3) is 0.611. The van der Waals surface area contributed by atoms with E-state index in [-0.39, 0.29) is 5.41 Å². The van der Waals surface area contributed by atoms with E-state index in [4.69, 9.17) is 9.84 Å². The molecule has 1 N–H and O–H groups in total. The Balaban J connectivity index is 2.06. The summed E-state index contributed by atoms with van der Waals surface area (Å²) in [5.41, 5.74) is 1.73. The molecule has 0 amide bonds. The standard InChI is InChI=1S/C18H27NO3/c1-5-18(6-2)15(11-16(18)22-4)19(3)12-13-7-9-14(10-8-13)17(20)21/h7-10,15-16H,5-6,11-12H2,1-4H3,(H,20,21). The van der Waals surface area contributed by atoms with Crippen molar-refractivity contribution in [3.05, 3.63) is 35.4 Å². The van der Waals surface area contributed by atoms with Crippen molar-refractivity contribution in [1.82, 2.24) is 4.90 Å². The number of hydrogen-bond acceptors (Lipinski definition) is 3. The van der Waals surface area contributed by atoms with Gasteiger partial charge in [0, 0.05) is 25.1 Å². The summed E-state index contributed by atoms with van der Waals surface area (Å²) in [5.74, 6) is -0.877. The topological polar surface area (TPSA) is 49.8 Å². The van der Waals surface area contributed by atoms with E-state index in [0.29, 0.717) is 17.7 Å². The number of rotatable bonds is 7. The van der Waals surface area contributed by atoms with Crippen molar-refractivity contribution in [2.45, 2.75) is 51.8 Å². The number of benzene rings is 1. The molecule has 0 aliphatic heterocycles. The maximum atomic E-state index is 10.9. The van der Waals surface area contributed by atoms with Crippen molar-refractivity contribution in [3.63, 3.8) is 0 Å². The van der Waals surface area contributed by atoms with E-state index in [1.807, 2.05) is 19.2 Å². The van der Waals surface area contributed by atoms with Crippen LogP contribution in [0.3, 0.4) is 0 Å². The fourth-order valence-corrected chi connectivity index (χ4v) is 4.00. The third-order valence-corrected chi connectivity index (χ3v) is 5.51. The first-order valence-electron chi connectivity index (χ1n) is 8.03. The van der Waals surface area contributed by atoms with Crippen LogP contribution in [0.5, 0.6) is 0 Å². The van der Waals surface area contributed by atoms with Gasteiger partial charge in [0.05, 0.1) is 11.7 Å². The van der Waals surface area contributed by atoms with Gasteiger partial charge in [0.15, 0.2) is 0 Å². The molecule has 0 heterocycles. The molecule has 1 aliphatic rings. The Hall–Kier alpha value is -1.39. The number of ether oxygens (including phenoxy) is 1. The van der Waals surface area contributed by atoms with Gasteiger partial charge in [0.1, 0.15) is 0 Å². The highest BCUT2D eigenvalue weighted by atomic mass is 16.5. The van der Waals surface area contributed by atoms with Crippen LogP contribution in [0.1, 0.15) is 49.0 Å². The van der Waals surface area contributed by atoms with Crippen LogP contribution in [-0.2, 0) is 11.3 Å². The molecule has 1 saturated carbocycles. The van der Waals surface area contributed by atoms with Crippen molar-refractivity contribution >= 4 is 5.97 Å². The first-order chi connectivity index (χ1) is 10.5. The molecule has 4 heteroatoms. The number of aromatic carboxylic acids is 1. The average Bonchev–Trinajstić information content (AvgIpc) is 2.48. The Bertz CT molecular complexity index is 508. The van der Waals surface area contributed by atoms with Gasteiger partial charge in [-0.05, 0) is 44.0 Å². The molecule has 0 spiro atoms. The van der Waals surface area contributed by atoms with Crippen LogP contribution in [0.4, 0.5) is 0 Å². The third kappa shape index (κ3) is 2.90. The highest BCUT2D eigenvalue weighted by molar-refractivity contribution is 5.87. The minimum Gasteiger partial charge on any atom is -0.478 e. The molecule has 1 fully saturated rings. The van der Waals surface area contributed by atoms with E-state index < -0.39 is 5.97 Å². The molecule has 0 saturated heterocycles. The number of hydrogen-bond donors (Lipinski definition) is 1. The van der Waals surface area contributed by atoms with Gasteiger partial charge in [-0.25, -0.2) is 4.79 Å². The number of carboxylic acids is 1. The van der Waals surface area contributed by atoms with Crippen LogP contribution in [-0.4, -0.2) is 42.3 Å². The Kier molecular flexibility index (Phi) is 5.24. The third-order valence-electron chi connectivity index (χ3n) is 5.51. The molecule has 1 aromatic carbocycles. The van der Waals surface area contributed by atoms with Gasteiger partial charge >= 0.3 is 5.97 Å². The summed E-state index contributed by atoms with van der Waals surface area (Å²) < 4.78 is 5.66. The molecule has 0 aromatic heterocycles. The summed E-state index contributed by atoms with van der Waals surface area (Å²) in [5, 5.41) is 8.96. The Morgan fingerprint density at radius 3 is 2.36 bits per heavy atom. The van der Waals surface area contributed by atoms with Gasteiger partial charge in [-0.15, -0.1) is 0 Å². The second-order valence-corrected chi connectivity index (χ2v) is 6.33. The van der Waals surface area contributed by atoms with Gasteiger partial charge < -0.3 is 9.84 Å². The lowest BCUT2D eigenvalue weighted by molar-refractivity contribution is -0.158. The molecule has 22 heavy (non-hydrogen) atoms. The lowest BCUT2D eigenvalue weighted by Crippen LogP contribution is -2.63. The van der Waals surface area contributed by atoms with Crippen LogP contribution < -0.4 is 0 Å². The average molecular weight is 305 g/mol. The van der Waals surface area contributed by atoms with Crippen LogP contribution in [0, 0.1) is 5.41 Å². The van der Waals surface area contributed by atoms with Crippen molar-refractivity contribution in [3.8, 4) is 0 Å². The summed E-state index contributed by atoms with van der Waals surface area (Å²) >= 11 is 0. The summed E-state index contributed by atoms with van der Waals surface area (Å²) in [4.78, 5) is 13.3. The molecule has 0 radical (unpaired) electrons. The summed E-state index contributed by atoms with van der Waals surface area (Å²) in [6.07, 6.45) is 3.66.